The molecule has 2 aromatic heterocycles. The maximum atomic E-state index is 12.5. The summed E-state index contributed by atoms with van der Waals surface area (Å²) in [7, 11) is -7.77. The molecular weight excluding hydrogens is 761 g/mol. The largest absolute Gasteiger partial charge is 0.396 e. The molecule has 56 heavy (non-hydrogen) atoms. The Bertz CT molecular complexity index is 2270. The first kappa shape index (κ1) is 40.9. The van der Waals surface area contributed by atoms with Gasteiger partial charge in [0.15, 0.2) is 10.1 Å². The van der Waals surface area contributed by atoms with Crippen LogP contribution in [0.2, 0.25) is 0 Å². The van der Waals surface area contributed by atoms with Crippen LogP contribution in [-0.2, 0) is 84.5 Å². The van der Waals surface area contributed by atoms with Crippen LogP contribution in [0, 0.1) is 11.5 Å². The van der Waals surface area contributed by atoms with Crippen molar-refractivity contribution in [3.8, 4) is 12.0 Å². The minimum Gasteiger partial charge on any atom is -0.396 e. The fraction of sp³-hybridized carbons (Fsp3) is 0.474. The van der Waals surface area contributed by atoms with E-state index in [1.165, 1.54) is 80.1 Å². The van der Waals surface area contributed by atoms with Crippen LogP contribution in [0.15, 0.2) is 46.7 Å². The third-order valence-corrected chi connectivity index (χ3v) is 12.4. The zero-order chi connectivity index (χ0) is 39.9. The number of amides is 2. The number of nitrogens with one attached hydrogen (secondary N) is 2. The number of aromatic nitrogens is 4. The summed E-state index contributed by atoms with van der Waals surface area (Å²) in [5.41, 5.74) is 11.0. The molecule has 0 unspecified atom stereocenters. The number of carbonyl (C=O) groups is 1. The Morgan fingerprint density at radius 3 is 1.64 bits per heavy atom. The van der Waals surface area contributed by atoms with Gasteiger partial charge in [0, 0.05) is 44.4 Å². The molecule has 0 bridgehead atoms. The van der Waals surface area contributed by atoms with Gasteiger partial charge in [-0.1, -0.05) is 12.1 Å². The number of sulfonamides is 2. The molecule has 0 fully saturated rings. The molecule has 4 aliphatic rings. The number of rotatable bonds is 11. The predicted molar refractivity (Wildman–Crippen MR) is 206 cm³/mol. The van der Waals surface area contributed by atoms with Crippen molar-refractivity contribution in [1.82, 2.24) is 24.3 Å². The second-order valence-corrected chi connectivity index (χ2v) is 17.3. The molecule has 2 amide bonds. The van der Waals surface area contributed by atoms with Crippen LogP contribution in [0.4, 0.5) is 10.5 Å². The van der Waals surface area contributed by atoms with Gasteiger partial charge in [0.2, 0.25) is 0 Å². The zero-order valence-corrected chi connectivity index (χ0v) is 32.8. The third kappa shape index (κ3) is 9.59. The summed E-state index contributed by atoms with van der Waals surface area (Å²) in [6.07, 6.45) is 18.7. The average molecular weight is 809 g/mol. The quantitative estimate of drug-likeness (QED) is 0.138. The van der Waals surface area contributed by atoms with Gasteiger partial charge in [-0.2, -0.15) is 18.6 Å². The monoisotopic (exact) mass is 808 g/mol. The van der Waals surface area contributed by atoms with Crippen molar-refractivity contribution in [2.75, 3.05) is 18.5 Å². The van der Waals surface area contributed by atoms with Crippen LogP contribution in [0.3, 0.4) is 0 Å². The number of nitrogens with two attached hydrogens (primary N) is 1. The van der Waals surface area contributed by atoms with Gasteiger partial charge >= 0.3 is 6.03 Å². The normalized spacial score (nSPS) is 15.0. The number of aliphatic hydroxyl groups is 2. The van der Waals surface area contributed by atoms with Crippen molar-refractivity contribution in [2.24, 2.45) is 5.14 Å². The Hall–Kier alpha value is -4.80. The minimum absolute atomic E-state index is 0.00564. The van der Waals surface area contributed by atoms with Crippen molar-refractivity contribution >= 4 is 31.8 Å². The summed E-state index contributed by atoms with van der Waals surface area (Å²) >= 11 is 0. The highest BCUT2D eigenvalue weighted by molar-refractivity contribution is 7.90. The second-order valence-electron chi connectivity index (χ2n) is 14.2. The van der Waals surface area contributed by atoms with Crippen LogP contribution in [-0.4, -0.2) is 65.9 Å². The van der Waals surface area contributed by atoms with Gasteiger partial charge in [0.25, 0.3) is 26.3 Å². The Morgan fingerprint density at radius 2 is 1.20 bits per heavy atom. The topological polar surface area (TPSA) is 245 Å². The minimum atomic E-state index is -4.07. The number of fused-ring (bicyclic) bond motifs is 4. The standard InChI is InChI=1S/C19H24N4O4S.C13H13NO.C6H11N3O3S/c24-11-3-9-23-10-8-17(21-23)28(26,27)22-19(25)20-18-15-6-1-4-13(15)12-14-5-2-7-16(14)18;14-8-15-13-11-5-1-3-9(11)7-10-4-2-6-12(10)13;7-13(11,12)6-2-4-9(8-6)3-1-5-10/h8,10,12,24H,1-7,9,11H2,(H2,20,22,25);7H,1-6H2;2,4,10H,1,3,5H2,(H2,7,11,12). The van der Waals surface area contributed by atoms with E-state index in [2.05, 4.69) is 32.4 Å². The molecule has 2 heterocycles. The molecule has 4 aliphatic carbocycles. The molecule has 18 heteroatoms. The molecule has 0 saturated carbocycles. The summed E-state index contributed by atoms with van der Waals surface area (Å²) in [4.78, 5) is 12.5. The maximum absolute atomic E-state index is 12.5. The zero-order valence-electron chi connectivity index (χ0n) is 31.2. The summed E-state index contributed by atoms with van der Waals surface area (Å²) in [6.45, 7) is 0.922. The first-order valence-electron chi connectivity index (χ1n) is 19.0. The SMILES string of the molecule is N#COc1c2c(cc3c1CCC3)CCC2.NS(=O)(=O)c1ccn(CCCO)n1.O=C(Nc1c2c(cc3c1CCC3)CCC2)NS(=O)(=O)c1ccn(CCCO)n1. The Labute approximate surface area is 326 Å². The van der Waals surface area contributed by atoms with Crippen LogP contribution < -0.4 is 19.9 Å². The molecule has 16 nitrogen and oxygen atoms in total. The molecule has 4 aromatic rings. The molecular formula is C38H48N8O8S2. The van der Waals surface area contributed by atoms with E-state index in [1.54, 1.807) is 0 Å². The van der Waals surface area contributed by atoms with Gasteiger partial charge in [-0.05, 0) is 147 Å². The van der Waals surface area contributed by atoms with Gasteiger partial charge in [-0.3, -0.25) is 9.36 Å². The number of carbonyl (C=O) groups excluding carboxylic acids is 1. The van der Waals surface area contributed by atoms with Gasteiger partial charge in [-0.15, -0.1) is 5.26 Å². The number of hydrogen-bond acceptors (Lipinski definition) is 11. The molecule has 0 atom stereocenters. The van der Waals surface area contributed by atoms with E-state index in [9.17, 15) is 21.6 Å². The van der Waals surface area contributed by atoms with Crippen molar-refractivity contribution in [1.29, 1.82) is 5.26 Å². The number of hydrogen-bond donors (Lipinski definition) is 5. The van der Waals surface area contributed by atoms with E-state index < -0.39 is 26.1 Å². The van der Waals surface area contributed by atoms with E-state index in [4.69, 9.17) is 25.4 Å². The molecule has 0 aliphatic heterocycles. The molecule has 0 saturated heterocycles. The lowest BCUT2D eigenvalue weighted by atomic mass is 9.99. The Kier molecular flexibility index (Phi) is 13.1. The van der Waals surface area contributed by atoms with Gasteiger partial charge in [0.05, 0.1) is 0 Å². The number of nitrogens with zero attached hydrogens (tertiary/aromatic N) is 5. The number of ether oxygens (including phenoxy) is 1. The molecule has 0 radical (unpaired) electrons. The molecule has 300 valence electrons. The van der Waals surface area contributed by atoms with E-state index in [1.807, 2.05) is 6.26 Å². The summed E-state index contributed by atoms with van der Waals surface area (Å²) in [6, 6.07) is 6.50. The number of nitriles is 1. The lowest BCUT2D eigenvalue weighted by Gasteiger charge is -2.16. The first-order valence-corrected chi connectivity index (χ1v) is 22.0. The fourth-order valence-corrected chi connectivity index (χ4v) is 9.23. The highest BCUT2D eigenvalue weighted by Crippen LogP contribution is 2.40. The highest BCUT2D eigenvalue weighted by Gasteiger charge is 2.28. The van der Waals surface area contributed by atoms with Crippen molar-refractivity contribution in [3.05, 3.63) is 81.2 Å². The highest BCUT2D eigenvalue weighted by atomic mass is 32.2. The Balaban J connectivity index is 0.000000159. The number of aryl methyl sites for hydroxylation is 6. The molecule has 6 N–H and O–H groups in total. The summed E-state index contributed by atoms with van der Waals surface area (Å²) in [5.74, 6) is 0.903. The van der Waals surface area contributed by atoms with Crippen molar-refractivity contribution < 1.29 is 36.6 Å². The van der Waals surface area contributed by atoms with Gasteiger partial charge in [-0.25, -0.2) is 23.1 Å². The number of primary sulfonamides is 1. The van der Waals surface area contributed by atoms with Crippen molar-refractivity contribution in [3.63, 3.8) is 0 Å². The lowest BCUT2D eigenvalue weighted by Crippen LogP contribution is -2.35. The third-order valence-electron chi connectivity index (χ3n) is 10.4. The van der Waals surface area contributed by atoms with E-state index in [0.717, 1.165) is 86.8 Å². The fourth-order valence-electron chi connectivity index (χ4n) is 7.91. The smallest absolute Gasteiger partial charge is 0.333 e. The number of anilines is 1. The van der Waals surface area contributed by atoms with Gasteiger partial charge < -0.3 is 20.3 Å². The lowest BCUT2D eigenvalue weighted by molar-refractivity contribution is 0.256. The van der Waals surface area contributed by atoms with Crippen LogP contribution in [0.1, 0.15) is 83.0 Å². The van der Waals surface area contributed by atoms with E-state index in [0.29, 0.717) is 25.9 Å². The predicted octanol–water partition coefficient (Wildman–Crippen LogP) is 3.19. The molecule has 8 rings (SSSR count). The second kappa shape index (κ2) is 18.0. The van der Waals surface area contributed by atoms with Gasteiger partial charge in [0.1, 0.15) is 5.75 Å². The van der Waals surface area contributed by atoms with Crippen molar-refractivity contribution in [2.45, 2.75) is 113 Å². The maximum Gasteiger partial charge on any atom is 0.333 e. The number of urea groups is 1. The Morgan fingerprint density at radius 1 is 0.750 bits per heavy atom. The average Bonchev–Trinajstić information content (AvgIpc) is 4.01. The van der Waals surface area contributed by atoms with E-state index in [-0.39, 0.29) is 23.3 Å². The summed E-state index contributed by atoms with van der Waals surface area (Å²) in [5, 5.41) is 41.1. The summed E-state index contributed by atoms with van der Waals surface area (Å²) < 4.78 is 56.6. The molecule has 2 aromatic carbocycles. The number of aliphatic hydroxyl groups excluding tert-OH is 2. The first-order chi connectivity index (χ1) is 26.9. The van der Waals surface area contributed by atoms with E-state index >= 15 is 0 Å². The molecule has 0 spiro atoms. The number of benzene rings is 2. The van der Waals surface area contributed by atoms with Crippen LogP contribution in [0.25, 0.3) is 0 Å². The van der Waals surface area contributed by atoms with Crippen LogP contribution in [0.5, 0.6) is 5.75 Å². The van der Waals surface area contributed by atoms with Crippen LogP contribution >= 0.6 is 0 Å².